The first-order chi connectivity index (χ1) is 10.4. The summed E-state index contributed by atoms with van der Waals surface area (Å²) >= 11 is 0. The second-order valence-electron chi connectivity index (χ2n) is 6.68. The molecular weight excluding hydrogens is 258 g/mol. The van der Waals surface area contributed by atoms with Crippen molar-refractivity contribution in [1.29, 1.82) is 0 Å². The normalized spacial score (nSPS) is 26.5. The molecule has 0 aliphatic heterocycles. The van der Waals surface area contributed by atoms with E-state index in [0.29, 0.717) is 12.1 Å². The summed E-state index contributed by atoms with van der Waals surface area (Å²) in [6.07, 6.45) is 13.3. The molecule has 116 valence electrons. The minimum atomic E-state index is 0.331. The lowest BCUT2D eigenvalue weighted by atomic mass is 9.91. The van der Waals surface area contributed by atoms with Crippen LogP contribution in [0.1, 0.15) is 62.5 Å². The van der Waals surface area contributed by atoms with Crippen LogP contribution in [0.3, 0.4) is 0 Å². The molecule has 0 saturated heterocycles. The molecule has 2 atom stereocenters. The number of likely N-dealkylation sites (N-methyl/N-ethyl adjacent to an activating group) is 1. The monoisotopic (exact) mass is 287 g/mol. The molecule has 1 saturated carbocycles. The summed E-state index contributed by atoms with van der Waals surface area (Å²) in [5.41, 5.74) is 3.06. The fourth-order valence-electron chi connectivity index (χ4n) is 3.88. The zero-order valence-electron chi connectivity index (χ0n) is 13.4. The summed E-state index contributed by atoms with van der Waals surface area (Å²) in [5.74, 6) is 1.08. The van der Waals surface area contributed by atoms with Gasteiger partial charge in [-0.2, -0.15) is 0 Å². The van der Waals surface area contributed by atoms with E-state index in [2.05, 4.69) is 30.6 Å². The van der Waals surface area contributed by atoms with Crippen molar-refractivity contribution in [3.05, 3.63) is 29.3 Å². The van der Waals surface area contributed by atoms with Gasteiger partial charge in [-0.15, -0.1) is 0 Å². The van der Waals surface area contributed by atoms with Gasteiger partial charge in [0.2, 0.25) is 0 Å². The lowest BCUT2D eigenvalue weighted by Crippen LogP contribution is -2.41. The highest BCUT2D eigenvalue weighted by Crippen LogP contribution is 2.28. The Kier molecular flexibility index (Phi) is 5.18. The molecule has 0 radical (unpaired) electrons. The molecule has 0 spiro atoms. The smallest absolute Gasteiger partial charge is 0.120 e. The largest absolute Gasteiger partial charge is 0.489 e. The van der Waals surface area contributed by atoms with Crippen molar-refractivity contribution in [2.24, 2.45) is 0 Å². The van der Waals surface area contributed by atoms with Crippen LogP contribution in [-0.2, 0) is 12.8 Å². The second kappa shape index (κ2) is 7.31. The fraction of sp³-hybridized carbons (Fsp3) is 0.684. The van der Waals surface area contributed by atoms with Gasteiger partial charge in [0.05, 0.1) is 0 Å². The molecule has 0 bridgehead atoms. The Balaban J connectivity index is 1.71. The first-order valence-electron chi connectivity index (χ1n) is 8.82. The van der Waals surface area contributed by atoms with Crippen LogP contribution in [0.25, 0.3) is 0 Å². The molecule has 0 aromatic heterocycles. The van der Waals surface area contributed by atoms with Crippen molar-refractivity contribution in [1.82, 2.24) is 5.32 Å². The molecule has 2 nitrogen and oxygen atoms in total. The molecule has 1 aromatic carbocycles. The number of hydrogen-bond donors (Lipinski definition) is 1. The van der Waals surface area contributed by atoms with Crippen molar-refractivity contribution in [3.8, 4) is 5.75 Å². The molecule has 2 unspecified atom stereocenters. The van der Waals surface area contributed by atoms with Crippen molar-refractivity contribution >= 4 is 0 Å². The first kappa shape index (κ1) is 14.9. The Bertz CT molecular complexity index is 457. The second-order valence-corrected chi connectivity index (χ2v) is 6.68. The van der Waals surface area contributed by atoms with Gasteiger partial charge in [-0.05, 0) is 75.3 Å². The van der Waals surface area contributed by atoms with Crippen LogP contribution in [0.5, 0.6) is 5.75 Å². The van der Waals surface area contributed by atoms with Crippen LogP contribution in [-0.4, -0.2) is 19.2 Å². The highest BCUT2D eigenvalue weighted by atomic mass is 16.5. The maximum Gasteiger partial charge on any atom is 0.120 e. The number of fused-ring (bicyclic) bond motifs is 1. The average molecular weight is 287 g/mol. The van der Waals surface area contributed by atoms with Gasteiger partial charge < -0.3 is 10.1 Å². The third kappa shape index (κ3) is 3.79. The average Bonchev–Trinajstić information content (AvgIpc) is 2.50. The number of hydrogen-bond acceptors (Lipinski definition) is 2. The number of aryl methyl sites for hydroxylation is 2. The van der Waals surface area contributed by atoms with E-state index < -0.39 is 0 Å². The van der Waals surface area contributed by atoms with Crippen molar-refractivity contribution in [2.45, 2.75) is 76.4 Å². The van der Waals surface area contributed by atoms with Crippen molar-refractivity contribution < 1.29 is 4.74 Å². The van der Waals surface area contributed by atoms with Crippen molar-refractivity contribution in [3.63, 3.8) is 0 Å². The molecule has 1 aromatic rings. The Labute approximate surface area is 129 Å². The summed E-state index contributed by atoms with van der Waals surface area (Å²) < 4.78 is 6.40. The molecule has 2 heteroatoms. The van der Waals surface area contributed by atoms with E-state index in [0.717, 1.165) is 5.75 Å². The van der Waals surface area contributed by atoms with Gasteiger partial charge in [-0.25, -0.2) is 0 Å². The fourth-order valence-corrected chi connectivity index (χ4v) is 3.88. The van der Waals surface area contributed by atoms with Crippen molar-refractivity contribution in [2.75, 3.05) is 7.05 Å². The molecule has 2 aliphatic carbocycles. The molecule has 0 amide bonds. The number of rotatable bonds is 3. The van der Waals surface area contributed by atoms with E-state index in [-0.39, 0.29) is 0 Å². The lowest BCUT2D eigenvalue weighted by Gasteiger charge is -2.30. The quantitative estimate of drug-likeness (QED) is 0.897. The van der Waals surface area contributed by atoms with Gasteiger partial charge in [-0.1, -0.05) is 25.3 Å². The highest BCUT2D eigenvalue weighted by molar-refractivity contribution is 5.37. The molecular formula is C19H29NO. The van der Waals surface area contributed by atoms with Crippen LogP contribution in [0.4, 0.5) is 0 Å². The topological polar surface area (TPSA) is 21.3 Å². The van der Waals surface area contributed by atoms with Crippen LogP contribution in [0.15, 0.2) is 18.2 Å². The first-order valence-corrected chi connectivity index (χ1v) is 8.82. The lowest BCUT2D eigenvalue weighted by molar-refractivity contribution is 0.131. The van der Waals surface area contributed by atoms with Gasteiger partial charge in [-0.3, -0.25) is 0 Å². The van der Waals surface area contributed by atoms with E-state index in [9.17, 15) is 0 Å². The Morgan fingerprint density at radius 3 is 2.48 bits per heavy atom. The van der Waals surface area contributed by atoms with Crippen LogP contribution < -0.4 is 10.1 Å². The number of nitrogens with one attached hydrogen (secondary N) is 1. The zero-order valence-corrected chi connectivity index (χ0v) is 13.4. The van der Waals surface area contributed by atoms with Crippen LogP contribution >= 0.6 is 0 Å². The van der Waals surface area contributed by atoms with E-state index in [4.69, 9.17) is 4.74 Å². The molecule has 3 rings (SSSR count). The van der Waals surface area contributed by atoms with E-state index >= 15 is 0 Å². The summed E-state index contributed by atoms with van der Waals surface area (Å²) in [7, 11) is 2.08. The summed E-state index contributed by atoms with van der Waals surface area (Å²) in [4.78, 5) is 0. The zero-order chi connectivity index (χ0) is 14.5. The maximum absolute atomic E-state index is 6.40. The molecule has 0 heterocycles. The minimum Gasteiger partial charge on any atom is -0.489 e. The summed E-state index contributed by atoms with van der Waals surface area (Å²) in [6, 6.07) is 7.29. The van der Waals surface area contributed by atoms with Gasteiger partial charge in [0, 0.05) is 6.04 Å². The third-order valence-electron chi connectivity index (χ3n) is 5.18. The molecule has 1 fully saturated rings. The van der Waals surface area contributed by atoms with E-state index in [1.807, 2.05) is 0 Å². The van der Waals surface area contributed by atoms with Gasteiger partial charge in [0.1, 0.15) is 11.9 Å². The van der Waals surface area contributed by atoms with E-state index in [1.165, 1.54) is 75.3 Å². The molecule has 2 aliphatic rings. The maximum atomic E-state index is 6.40. The predicted octanol–water partition coefficient (Wildman–Crippen LogP) is 4.26. The molecule has 21 heavy (non-hydrogen) atoms. The van der Waals surface area contributed by atoms with Gasteiger partial charge >= 0.3 is 0 Å². The van der Waals surface area contributed by atoms with Gasteiger partial charge in [0.25, 0.3) is 0 Å². The van der Waals surface area contributed by atoms with Crippen LogP contribution in [0.2, 0.25) is 0 Å². The Morgan fingerprint density at radius 1 is 0.905 bits per heavy atom. The summed E-state index contributed by atoms with van der Waals surface area (Å²) in [5, 5.41) is 3.48. The summed E-state index contributed by atoms with van der Waals surface area (Å²) in [6.45, 7) is 0. The predicted molar refractivity (Wildman–Crippen MR) is 88.0 cm³/mol. The molecule has 1 N–H and O–H groups in total. The Morgan fingerprint density at radius 2 is 1.67 bits per heavy atom. The standard InChI is InChI=1S/C19H29NO/c1-20-18-10-4-2-3-5-11-19(18)21-17-13-12-15-8-6-7-9-16(15)14-17/h12-14,18-20H,2-11H2,1H3. The SMILES string of the molecule is CNC1CCCCCCC1Oc1ccc2c(c1)CCCC2. The van der Waals surface area contributed by atoms with Gasteiger partial charge in [0.15, 0.2) is 0 Å². The third-order valence-corrected chi connectivity index (χ3v) is 5.18. The van der Waals surface area contributed by atoms with Crippen LogP contribution in [0, 0.1) is 0 Å². The number of benzene rings is 1. The number of ether oxygens (including phenoxy) is 1. The van der Waals surface area contributed by atoms with E-state index in [1.54, 1.807) is 0 Å². The Hall–Kier alpha value is -1.02. The minimum absolute atomic E-state index is 0.331. The highest BCUT2D eigenvalue weighted by Gasteiger charge is 2.23.